The summed E-state index contributed by atoms with van der Waals surface area (Å²) < 4.78 is 5.32. The second-order valence-electron chi connectivity index (χ2n) is 5.06. The molecule has 2 rings (SSSR count). The maximum absolute atomic E-state index is 12.1. The Hall–Kier alpha value is -2.56. The summed E-state index contributed by atoms with van der Waals surface area (Å²) in [6.45, 7) is 3.82. The molecule has 1 aromatic carbocycles. The molecular weight excluding hydrogens is 278 g/mol. The lowest BCUT2D eigenvalue weighted by Crippen LogP contribution is -2.38. The van der Waals surface area contributed by atoms with Crippen molar-refractivity contribution in [3.63, 3.8) is 0 Å². The Bertz CT molecular complexity index is 616. The number of benzene rings is 1. The SMILES string of the molecule is COc1ccccc1[C@@H](C)NC(=O)N[C@H](C)c1ccccn1. The van der Waals surface area contributed by atoms with Crippen molar-refractivity contribution >= 4 is 6.03 Å². The van der Waals surface area contributed by atoms with Crippen LogP contribution in [0.25, 0.3) is 0 Å². The fourth-order valence-corrected chi connectivity index (χ4v) is 2.24. The number of hydrogen-bond donors (Lipinski definition) is 2. The Kier molecular flexibility index (Phi) is 5.36. The number of para-hydroxylation sites is 1. The number of carbonyl (C=O) groups excluding carboxylic acids is 1. The van der Waals surface area contributed by atoms with Gasteiger partial charge < -0.3 is 15.4 Å². The molecule has 2 aromatic rings. The first-order chi connectivity index (χ1) is 10.6. The lowest BCUT2D eigenvalue weighted by Gasteiger charge is -2.19. The summed E-state index contributed by atoms with van der Waals surface area (Å²) in [6.07, 6.45) is 1.71. The van der Waals surface area contributed by atoms with Gasteiger partial charge in [-0.05, 0) is 32.0 Å². The zero-order valence-corrected chi connectivity index (χ0v) is 13.0. The first kappa shape index (κ1) is 15.8. The number of nitrogens with one attached hydrogen (secondary N) is 2. The van der Waals surface area contributed by atoms with Crippen LogP contribution in [0.4, 0.5) is 4.79 Å². The fourth-order valence-electron chi connectivity index (χ4n) is 2.24. The molecule has 5 nitrogen and oxygen atoms in total. The van der Waals surface area contributed by atoms with Crippen molar-refractivity contribution in [2.75, 3.05) is 7.11 Å². The lowest BCUT2D eigenvalue weighted by molar-refractivity contribution is 0.234. The summed E-state index contributed by atoms with van der Waals surface area (Å²) in [5.41, 5.74) is 1.76. The second-order valence-corrected chi connectivity index (χ2v) is 5.06. The summed E-state index contributed by atoms with van der Waals surface area (Å²) in [7, 11) is 1.62. The molecule has 2 atom stereocenters. The van der Waals surface area contributed by atoms with Gasteiger partial charge in [0.05, 0.1) is 24.9 Å². The molecule has 1 heterocycles. The Balaban J connectivity index is 1.97. The van der Waals surface area contributed by atoms with Crippen LogP contribution in [0.5, 0.6) is 5.75 Å². The van der Waals surface area contributed by atoms with Crippen LogP contribution >= 0.6 is 0 Å². The van der Waals surface area contributed by atoms with Crippen LogP contribution in [-0.2, 0) is 0 Å². The number of methoxy groups -OCH3 is 1. The predicted molar refractivity (Wildman–Crippen MR) is 85.7 cm³/mol. The van der Waals surface area contributed by atoms with E-state index in [1.807, 2.05) is 56.3 Å². The van der Waals surface area contributed by atoms with E-state index >= 15 is 0 Å². The van der Waals surface area contributed by atoms with Crippen LogP contribution < -0.4 is 15.4 Å². The van der Waals surface area contributed by atoms with E-state index < -0.39 is 0 Å². The van der Waals surface area contributed by atoms with Crippen molar-refractivity contribution in [1.29, 1.82) is 0 Å². The van der Waals surface area contributed by atoms with E-state index in [1.54, 1.807) is 13.3 Å². The van der Waals surface area contributed by atoms with Gasteiger partial charge in [0.15, 0.2) is 0 Å². The molecule has 0 spiro atoms. The number of hydrogen-bond acceptors (Lipinski definition) is 3. The van der Waals surface area contributed by atoms with E-state index in [9.17, 15) is 4.79 Å². The average Bonchev–Trinajstić information content (AvgIpc) is 2.55. The van der Waals surface area contributed by atoms with Gasteiger partial charge >= 0.3 is 6.03 Å². The van der Waals surface area contributed by atoms with Crippen LogP contribution in [0.3, 0.4) is 0 Å². The standard InChI is InChI=1S/C17H21N3O2/c1-12(14-8-4-5-10-16(14)22-3)19-17(21)20-13(2)15-9-6-7-11-18-15/h4-13H,1-3H3,(H2,19,20,21)/t12-,13-/m1/s1. The molecule has 0 bridgehead atoms. The Morgan fingerprint density at radius 3 is 2.41 bits per heavy atom. The van der Waals surface area contributed by atoms with E-state index in [0.717, 1.165) is 17.0 Å². The summed E-state index contributed by atoms with van der Waals surface area (Å²) in [5.74, 6) is 0.757. The molecule has 116 valence electrons. The Labute approximate surface area is 130 Å². The van der Waals surface area contributed by atoms with E-state index in [-0.39, 0.29) is 18.1 Å². The van der Waals surface area contributed by atoms with E-state index in [2.05, 4.69) is 15.6 Å². The van der Waals surface area contributed by atoms with Crippen LogP contribution in [0.15, 0.2) is 48.7 Å². The molecule has 0 unspecified atom stereocenters. The first-order valence-electron chi connectivity index (χ1n) is 7.22. The molecule has 0 aliphatic rings. The van der Waals surface area contributed by atoms with Gasteiger partial charge in [0, 0.05) is 11.8 Å². The number of pyridine rings is 1. The van der Waals surface area contributed by atoms with Crippen molar-refractivity contribution < 1.29 is 9.53 Å². The highest BCUT2D eigenvalue weighted by atomic mass is 16.5. The third kappa shape index (κ3) is 3.97. The van der Waals surface area contributed by atoms with Gasteiger partial charge in [0.2, 0.25) is 0 Å². The molecule has 0 fully saturated rings. The highest BCUT2D eigenvalue weighted by Gasteiger charge is 2.15. The molecule has 2 N–H and O–H groups in total. The highest BCUT2D eigenvalue weighted by molar-refractivity contribution is 5.75. The van der Waals surface area contributed by atoms with Gasteiger partial charge in [-0.2, -0.15) is 0 Å². The molecule has 0 aliphatic heterocycles. The van der Waals surface area contributed by atoms with Gasteiger partial charge in [0.25, 0.3) is 0 Å². The van der Waals surface area contributed by atoms with E-state index in [4.69, 9.17) is 4.74 Å². The smallest absolute Gasteiger partial charge is 0.315 e. The number of aromatic nitrogens is 1. The number of urea groups is 1. The van der Waals surface area contributed by atoms with Gasteiger partial charge in [-0.25, -0.2) is 4.79 Å². The molecule has 0 saturated carbocycles. The largest absolute Gasteiger partial charge is 0.496 e. The zero-order chi connectivity index (χ0) is 15.9. The molecule has 0 saturated heterocycles. The fraction of sp³-hybridized carbons (Fsp3) is 0.294. The molecular formula is C17H21N3O2. The first-order valence-corrected chi connectivity index (χ1v) is 7.22. The maximum Gasteiger partial charge on any atom is 0.315 e. The topological polar surface area (TPSA) is 63.2 Å². The monoisotopic (exact) mass is 299 g/mol. The van der Waals surface area contributed by atoms with E-state index in [1.165, 1.54) is 0 Å². The summed E-state index contributed by atoms with van der Waals surface area (Å²) in [4.78, 5) is 16.4. The van der Waals surface area contributed by atoms with Crippen LogP contribution in [0.2, 0.25) is 0 Å². The van der Waals surface area contributed by atoms with Gasteiger partial charge in [-0.15, -0.1) is 0 Å². The minimum Gasteiger partial charge on any atom is -0.496 e. The van der Waals surface area contributed by atoms with Gasteiger partial charge in [-0.3, -0.25) is 4.98 Å². The minimum absolute atomic E-state index is 0.160. The van der Waals surface area contributed by atoms with Crippen LogP contribution in [0.1, 0.15) is 37.2 Å². The Morgan fingerprint density at radius 1 is 1.05 bits per heavy atom. The normalized spacial score (nSPS) is 13.0. The molecule has 5 heteroatoms. The predicted octanol–water partition coefficient (Wildman–Crippen LogP) is 3.21. The number of nitrogens with zero attached hydrogens (tertiary/aromatic N) is 1. The third-order valence-electron chi connectivity index (χ3n) is 3.43. The van der Waals surface area contributed by atoms with Crippen molar-refractivity contribution in [2.45, 2.75) is 25.9 Å². The molecule has 2 amide bonds. The van der Waals surface area contributed by atoms with Crippen LogP contribution in [0, 0.1) is 0 Å². The van der Waals surface area contributed by atoms with Crippen LogP contribution in [-0.4, -0.2) is 18.1 Å². The van der Waals surface area contributed by atoms with Crippen molar-refractivity contribution in [1.82, 2.24) is 15.6 Å². The molecule has 22 heavy (non-hydrogen) atoms. The van der Waals surface area contributed by atoms with Gasteiger partial charge in [0.1, 0.15) is 5.75 Å². The van der Waals surface area contributed by atoms with E-state index in [0.29, 0.717) is 0 Å². The number of carbonyl (C=O) groups is 1. The summed E-state index contributed by atoms with van der Waals surface area (Å²) >= 11 is 0. The summed E-state index contributed by atoms with van der Waals surface area (Å²) in [5, 5.41) is 5.79. The quantitative estimate of drug-likeness (QED) is 0.891. The van der Waals surface area contributed by atoms with Crippen molar-refractivity contribution in [3.8, 4) is 5.75 Å². The second kappa shape index (κ2) is 7.45. The maximum atomic E-state index is 12.1. The molecule has 1 aromatic heterocycles. The number of ether oxygens (including phenoxy) is 1. The highest BCUT2D eigenvalue weighted by Crippen LogP contribution is 2.24. The average molecular weight is 299 g/mol. The lowest BCUT2D eigenvalue weighted by atomic mass is 10.1. The third-order valence-corrected chi connectivity index (χ3v) is 3.43. The molecule has 0 aliphatic carbocycles. The summed E-state index contributed by atoms with van der Waals surface area (Å²) in [6, 6.07) is 12.7. The van der Waals surface area contributed by atoms with Gasteiger partial charge in [-0.1, -0.05) is 24.3 Å². The van der Waals surface area contributed by atoms with Crippen molar-refractivity contribution in [2.24, 2.45) is 0 Å². The molecule has 0 radical (unpaired) electrons. The number of amides is 2. The minimum atomic E-state index is -0.239. The Morgan fingerprint density at radius 2 is 1.73 bits per heavy atom. The number of rotatable bonds is 5. The zero-order valence-electron chi connectivity index (χ0n) is 13.0. The van der Waals surface area contributed by atoms with Crippen molar-refractivity contribution in [3.05, 3.63) is 59.9 Å².